The molecular weight excluding hydrogens is 382 g/mol. The number of rotatable bonds is 3. The lowest BCUT2D eigenvalue weighted by atomic mass is 9.95. The summed E-state index contributed by atoms with van der Waals surface area (Å²) in [7, 11) is -3.75. The van der Waals surface area contributed by atoms with Crippen molar-refractivity contribution in [1.29, 1.82) is 0 Å². The SMILES string of the molecule is NS(=O)(=O)c1ccc(C2=C(Br)C(C=O)c3ccccc3O2)cc1. The zero-order valence-electron chi connectivity index (χ0n) is 11.8. The van der Waals surface area contributed by atoms with Crippen LogP contribution < -0.4 is 9.88 Å². The van der Waals surface area contributed by atoms with Crippen molar-refractivity contribution in [2.24, 2.45) is 5.14 Å². The van der Waals surface area contributed by atoms with Gasteiger partial charge in [-0.15, -0.1) is 0 Å². The summed E-state index contributed by atoms with van der Waals surface area (Å²) in [5.41, 5.74) is 1.42. The topological polar surface area (TPSA) is 86.5 Å². The predicted octanol–water partition coefficient (Wildman–Crippen LogP) is 2.77. The highest BCUT2D eigenvalue weighted by Gasteiger charge is 2.28. The number of ether oxygens (including phenoxy) is 1. The molecule has 118 valence electrons. The summed E-state index contributed by atoms with van der Waals surface area (Å²) in [5, 5.41) is 5.09. The molecular formula is C16H12BrNO4S. The average Bonchev–Trinajstić information content (AvgIpc) is 2.54. The first-order valence-electron chi connectivity index (χ1n) is 6.67. The Morgan fingerprint density at radius 2 is 1.74 bits per heavy atom. The molecule has 2 N–H and O–H groups in total. The monoisotopic (exact) mass is 393 g/mol. The maximum absolute atomic E-state index is 11.5. The van der Waals surface area contributed by atoms with Crippen molar-refractivity contribution < 1.29 is 17.9 Å². The van der Waals surface area contributed by atoms with E-state index in [1.54, 1.807) is 18.2 Å². The minimum absolute atomic E-state index is 0.0149. The van der Waals surface area contributed by atoms with Crippen molar-refractivity contribution in [3.05, 3.63) is 64.1 Å². The van der Waals surface area contributed by atoms with Gasteiger partial charge in [0.1, 0.15) is 17.8 Å². The average molecular weight is 394 g/mol. The van der Waals surface area contributed by atoms with Gasteiger partial charge in [0.2, 0.25) is 10.0 Å². The first-order chi connectivity index (χ1) is 10.9. The van der Waals surface area contributed by atoms with Gasteiger partial charge < -0.3 is 9.53 Å². The summed E-state index contributed by atoms with van der Waals surface area (Å²) in [6, 6.07) is 13.3. The van der Waals surface area contributed by atoms with Gasteiger partial charge in [-0.05, 0) is 30.3 Å². The number of primary sulfonamides is 1. The van der Waals surface area contributed by atoms with Gasteiger partial charge in [0.15, 0.2) is 0 Å². The molecule has 0 fully saturated rings. The lowest BCUT2D eigenvalue weighted by Crippen LogP contribution is -2.14. The third-order valence-corrected chi connectivity index (χ3v) is 5.32. The van der Waals surface area contributed by atoms with E-state index in [1.807, 2.05) is 18.2 Å². The molecule has 1 atom stereocenters. The quantitative estimate of drug-likeness (QED) is 0.812. The van der Waals surface area contributed by atoms with E-state index in [2.05, 4.69) is 15.9 Å². The fraction of sp³-hybridized carbons (Fsp3) is 0.0625. The molecule has 5 nitrogen and oxygen atoms in total. The summed E-state index contributed by atoms with van der Waals surface area (Å²) in [6.07, 6.45) is 0.837. The van der Waals surface area contributed by atoms with Crippen LogP contribution in [0.1, 0.15) is 17.0 Å². The van der Waals surface area contributed by atoms with E-state index in [-0.39, 0.29) is 4.90 Å². The van der Waals surface area contributed by atoms with E-state index < -0.39 is 15.9 Å². The molecule has 7 heteroatoms. The Morgan fingerprint density at radius 3 is 2.35 bits per heavy atom. The molecule has 3 rings (SSSR count). The minimum atomic E-state index is -3.75. The van der Waals surface area contributed by atoms with Gasteiger partial charge >= 0.3 is 0 Å². The van der Waals surface area contributed by atoms with Gasteiger partial charge in [0, 0.05) is 11.1 Å². The Morgan fingerprint density at radius 1 is 1.09 bits per heavy atom. The zero-order chi connectivity index (χ0) is 16.6. The second kappa shape index (κ2) is 5.92. The first-order valence-corrected chi connectivity index (χ1v) is 9.00. The van der Waals surface area contributed by atoms with E-state index in [0.717, 1.165) is 11.8 Å². The summed E-state index contributed by atoms with van der Waals surface area (Å²) in [6.45, 7) is 0. The summed E-state index contributed by atoms with van der Waals surface area (Å²) < 4.78 is 29.1. The van der Waals surface area contributed by atoms with Crippen molar-refractivity contribution in [2.75, 3.05) is 0 Å². The molecule has 0 saturated heterocycles. The fourth-order valence-electron chi connectivity index (χ4n) is 2.39. The number of carbonyl (C=O) groups excluding carboxylic acids is 1. The van der Waals surface area contributed by atoms with Crippen LogP contribution in [0, 0.1) is 0 Å². The van der Waals surface area contributed by atoms with Crippen LogP contribution in [0.4, 0.5) is 0 Å². The molecule has 0 spiro atoms. The number of carbonyl (C=O) groups is 1. The number of hydrogen-bond acceptors (Lipinski definition) is 4. The Kier molecular flexibility index (Phi) is 4.09. The number of sulfonamides is 1. The van der Waals surface area contributed by atoms with Gasteiger partial charge in [-0.25, -0.2) is 13.6 Å². The highest BCUT2D eigenvalue weighted by molar-refractivity contribution is 9.11. The molecule has 0 aliphatic carbocycles. The van der Waals surface area contributed by atoms with E-state index in [4.69, 9.17) is 9.88 Å². The minimum Gasteiger partial charge on any atom is -0.456 e. The van der Waals surface area contributed by atoms with Crippen LogP contribution in [-0.4, -0.2) is 14.7 Å². The number of halogens is 1. The van der Waals surface area contributed by atoms with Crippen molar-refractivity contribution in [3.8, 4) is 5.75 Å². The summed E-state index contributed by atoms with van der Waals surface area (Å²) >= 11 is 3.43. The summed E-state index contributed by atoms with van der Waals surface area (Å²) in [4.78, 5) is 11.5. The molecule has 1 unspecified atom stereocenters. The van der Waals surface area contributed by atoms with Gasteiger partial charge in [-0.3, -0.25) is 0 Å². The van der Waals surface area contributed by atoms with Gasteiger partial charge in [0.25, 0.3) is 0 Å². The lowest BCUT2D eigenvalue weighted by Gasteiger charge is -2.25. The molecule has 2 aromatic rings. The number of fused-ring (bicyclic) bond motifs is 1. The molecule has 1 aliphatic rings. The number of benzene rings is 2. The van der Waals surface area contributed by atoms with Gasteiger partial charge in [0.05, 0.1) is 15.3 Å². The maximum Gasteiger partial charge on any atom is 0.238 e. The molecule has 2 aromatic carbocycles. The van der Waals surface area contributed by atoms with E-state index in [1.165, 1.54) is 12.1 Å². The second-order valence-corrected chi connectivity index (χ2v) is 7.42. The number of aldehydes is 1. The molecule has 0 aromatic heterocycles. The molecule has 1 aliphatic heterocycles. The number of allylic oxidation sites excluding steroid dienone is 1. The third-order valence-electron chi connectivity index (χ3n) is 3.54. The summed E-state index contributed by atoms with van der Waals surface area (Å²) in [5.74, 6) is 0.605. The van der Waals surface area contributed by atoms with Gasteiger partial charge in [-0.1, -0.05) is 34.1 Å². The first kappa shape index (κ1) is 15.9. The van der Waals surface area contributed by atoms with E-state index in [9.17, 15) is 13.2 Å². The smallest absolute Gasteiger partial charge is 0.238 e. The predicted molar refractivity (Wildman–Crippen MR) is 89.5 cm³/mol. The molecule has 0 saturated carbocycles. The van der Waals surface area contributed by atoms with E-state index in [0.29, 0.717) is 21.6 Å². The third kappa shape index (κ3) is 2.95. The van der Waals surface area contributed by atoms with Crippen LogP contribution in [0.25, 0.3) is 5.76 Å². The standard InChI is InChI=1S/C16H12BrNO4S/c17-15-13(9-19)12-3-1-2-4-14(12)22-16(15)10-5-7-11(8-6-10)23(18,20)21/h1-9,13H,(H2,18,20,21). The number of nitrogens with two attached hydrogens (primary N) is 1. The Labute approximate surface area is 141 Å². The fourth-order valence-corrected chi connectivity index (χ4v) is 3.57. The van der Waals surface area contributed by atoms with Crippen LogP contribution in [0.2, 0.25) is 0 Å². The largest absolute Gasteiger partial charge is 0.456 e. The normalized spacial score (nSPS) is 17.4. The van der Waals surface area contributed by atoms with Crippen molar-refractivity contribution >= 4 is 38.0 Å². The highest BCUT2D eigenvalue weighted by Crippen LogP contribution is 2.43. The molecule has 0 bridgehead atoms. The Hall–Kier alpha value is -1.96. The molecule has 1 heterocycles. The molecule has 0 amide bonds. The number of hydrogen-bond donors (Lipinski definition) is 1. The van der Waals surface area contributed by atoms with Crippen molar-refractivity contribution in [2.45, 2.75) is 10.8 Å². The van der Waals surface area contributed by atoms with Crippen molar-refractivity contribution in [3.63, 3.8) is 0 Å². The van der Waals surface area contributed by atoms with E-state index >= 15 is 0 Å². The van der Waals surface area contributed by atoms with Crippen LogP contribution in [0.5, 0.6) is 5.75 Å². The van der Waals surface area contributed by atoms with Crippen LogP contribution in [-0.2, 0) is 14.8 Å². The highest BCUT2D eigenvalue weighted by atomic mass is 79.9. The Bertz CT molecular complexity index is 904. The maximum atomic E-state index is 11.5. The zero-order valence-corrected chi connectivity index (χ0v) is 14.2. The number of para-hydroxylation sites is 1. The molecule has 23 heavy (non-hydrogen) atoms. The molecule has 0 radical (unpaired) electrons. The van der Waals surface area contributed by atoms with Crippen LogP contribution >= 0.6 is 15.9 Å². The van der Waals surface area contributed by atoms with Crippen LogP contribution in [0.15, 0.2) is 57.9 Å². The van der Waals surface area contributed by atoms with Gasteiger partial charge in [-0.2, -0.15) is 0 Å². The Balaban J connectivity index is 2.07. The van der Waals surface area contributed by atoms with Crippen LogP contribution in [0.3, 0.4) is 0 Å². The van der Waals surface area contributed by atoms with Crippen molar-refractivity contribution in [1.82, 2.24) is 0 Å². The lowest BCUT2D eigenvalue weighted by molar-refractivity contribution is -0.108. The second-order valence-electron chi connectivity index (χ2n) is 5.00.